The minimum atomic E-state index is -0.346. The Balaban J connectivity index is 1.89. The monoisotopic (exact) mass is 356 g/mol. The molecule has 26 heavy (non-hydrogen) atoms. The van der Waals surface area contributed by atoms with Crippen molar-refractivity contribution in [2.45, 2.75) is 26.5 Å². The van der Waals surface area contributed by atoms with Gasteiger partial charge in [0.05, 0.1) is 25.7 Å². The predicted octanol–water partition coefficient (Wildman–Crippen LogP) is 3.51. The number of ether oxygens (including phenoxy) is 2. The van der Waals surface area contributed by atoms with Crippen molar-refractivity contribution >= 4 is 11.6 Å². The molecule has 1 amide bonds. The Morgan fingerprint density at radius 1 is 1.08 bits per heavy atom. The maximum atomic E-state index is 12.5. The van der Waals surface area contributed by atoms with Gasteiger partial charge in [-0.2, -0.15) is 0 Å². The van der Waals surface area contributed by atoms with Gasteiger partial charge >= 0.3 is 0 Å². The number of nitrogens with one attached hydrogen (secondary N) is 1. The van der Waals surface area contributed by atoms with Gasteiger partial charge in [0.1, 0.15) is 0 Å². The molecule has 0 saturated heterocycles. The van der Waals surface area contributed by atoms with Crippen molar-refractivity contribution in [2.75, 3.05) is 25.1 Å². The van der Waals surface area contributed by atoms with Crippen LogP contribution in [0.2, 0.25) is 0 Å². The fourth-order valence-electron chi connectivity index (χ4n) is 2.57. The smallest absolute Gasteiger partial charge is 0.229 e. The van der Waals surface area contributed by atoms with E-state index >= 15 is 0 Å². The van der Waals surface area contributed by atoms with E-state index in [1.807, 2.05) is 68.4 Å². The Kier molecular flexibility index (Phi) is 8.28. The summed E-state index contributed by atoms with van der Waals surface area (Å²) in [6.07, 6.45) is 0. The number of amides is 1. The molecular formula is C21H28N2O3. The fraction of sp³-hybridized carbons (Fsp3) is 0.381. The molecule has 0 radical (unpaired) electrons. The molecule has 0 aliphatic rings. The van der Waals surface area contributed by atoms with Gasteiger partial charge in [-0.05, 0) is 30.2 Å². The van der Waals surface area contributed by atoms with Gasteiger partial charge in [0.2, 0.25) is 5.91 Å². The number of hydrogen-bond donors (Lipinski definition) is 2. The zero-order valence-electron chi connectivity index (χ0n) is 15.5. The lowest BCUT2D eigenvalue weighted by Crippen LogP contribution is -2.30. The normalized spacial score (nSPS) is 13.2. The molecule has 0 aliphatic carbocycles. The van der Waals surface area contributed by atoms with Crippen LogP contribution in [0.4, 0.5) is 5.69 Å². The topological polar surface area (TPSA) is 73.6 Å². The number of anilines is 1. The van der Waals surface area contributed by atoms with E-state index in [0.29, 0.717) is 26.4 Å². The Labute approximate surface area is 155 Å². The lowest BCUT2D eigenvalue weighted by Gasteiger charge is -2.20. The van der Waals surface area contributed by atoms with Gasteiger partial charge in [0.15, 0.2) is 0 Å². The van der Waals surface area contributed by atoms with E-state index in [2.05, 4.69) is 5.32 Å². The molecule has 140 valence electrons. The van der Waals surface area contributed by atoms with Crippen LogP contribution in [-0.2, 0) is 20.9 Å². The Morgan fingerprint density at radius 3 is 2.54 bits per heavy atom. The summed E-state index contributed by atoms with van der Waals surface area (Å²) < 4.78 is 10.8. The summed E-state index contributed by atoms with van der Waals surface area (Å²) in [7, 11) is 0. The Hall–Kier alpha value is -2.21. The first kappa shape index (κ1) is 20.1. The molecule has 0 heterocycles. The predicted molar refractivity (Wildman–Crippen MR) is 104 cm³/mol. The molecule has 0 bridgehead atoms. The summed E-state index contributed by atoms with van der Waals surface area (Å²) in [5.74, 6) is -0.445. The van der Waals surface area contributed by atoms with Crippen molar-refractivity contribution in [2.24, 2.45) is 11.7 Å². The third kappa shape index (κ3) is 6.26. The zero-order chi connectivity index (χ0) is 18.8. The molecule has 3 N–H and O–H groups in total. The number of hydrogen-bond acceptors (Lipinski definition) is 4. The summed E-state index contributed by atoms with van der Waals surface area (Å²) in [5, 5.41) is 2.94. The van der Waals surface area contributed by atoms with E-state index in [-0.39, 0.29) is 17.9 Å². The van der Waals surface area contributed by atoms with E-state index in [9.17, 15) is 4.79 Å². The van der Waals surface area contributed by atoms with E-state index in [1.54, 1.807) is 0 Å². The van der Waals surface area contributed by atoms with Crippen LogP contribution in [0.1, 0.15) is 31.0 Å². The van der Waals surface area contributed by atoms with Gasteiger partial charge in [-0.3, -0.25) is 4.79 Å². The zero-order valence-corrected chi connectivity index (χ0v) is 15.5. The van der Waals surface area contributed by atoms with Gasteiger partial charge in [-0.25, -0.2) is 0 Å². The summed E-state index contributed by atoms with van der Waals surface area (Å²) in [6.45, 7) is 6.10. The lowest BCUT2D eigenvalue weighted by atomic mass is 9.94. The second-order valence-corrected chi connectivity index (χ2v) is 6.16. The number of nitrogens with two attached hydrogens (primary N) is 1. The van der Waals surface area contributed by atoms with Crippen molar-refractivity contribution in [3.8, 4) is 0 Å². The highest BCUT2D eigenvalue weighted by molar-refractivity contribution is 5.92. The van der Waals surface area contributed by atoms with E-state index in [4.69, 9.17) is 15.2 Å². The molecule has 2 rings (SSSR count). The molecule has 5 heteroatoms. The SMILES string of the molecule is CCOCCOCc1cccc(NC(=O)C(C)C(N)c2ccccc2)c1. The van der Waals surface area contributed by atoms with E-state index in [0.717, 1.165) is 16.8 Å². The summed E-state index contributed by atoms with van der Waals surface area (Å²) >= 11 is 0. The first-order valence-corrected chi connectivity index (χ1v) is 8.97. The summed E-state index contributed by atoms with van der Waals surface area (Å²) in [4.78, 5) is 12.5. The van der Waals surface area contributed by atoms with Crippen LogP contribution in [0, 0.1) is 5.92 Å². The molecule has 2 unspecified atom stereocenters. The highest BCUT2D eigenvalue weighted by Gasteiger charge is 2.22. The minimum Gasteiger partial charge on any atom is -0.379 e. The van der Waals surface area contributed by atoms with Gasteiger partial charge < -0.3 is 20.5 Å². The average Bonchev–Trinajstić information content (AvgIpc) is 2.67. The molecule has 0 saturated carbocycles. The molecule has 2 atom stereocenters. The Morgan fingerprint density at radius 2 is 1.81 bits per heavy atom. The fourth-order valence-corrected chi connectivity index (χ4v) is 2.57. The van der Waals surface area contributed by atoms with Crippen LogP contribution in [0.5, 0.6) is 0 Å². The molecule has 0 fully saturated rings. The minimum absolute atomic E-state index is 0.101. The lowest BCUT2D eigenvalue weighted by molar-refractivity contribution is -0.120. The first-order chi connectivity index (χ1) is 12.6. The van der Waals surface area contributed by atoms with Crippen LogP contribution in [-0.4, -0.2) is 25.7 Å². The van der Waals surface area contributed by atoms with Crippen molar-refractivity contribution in [1.82, 2.24) is 0 Å². The van der Waals surface area contributed by atoms with Gasteiger partial charge in [-0.1, -0.05) is 49.4 Å². The number of rotatable bonds is 10. The number of benzene rings is 2. The van der Waals surface area contributed by atoms with Crippen LogP contribution in [0.3, 0.4) is 0 Å². The highest BCUT2D eigenvalue weighted by atomic mass is 16.5. The van der Waals surface area contributed by atoms with E-state index in [1.165, 1.54) is 0 Å². The van der Waals surface area contributed by atoms with Crippen LogP contribution < -0.4 is 11.1 Å². The molecule has 0 spiro atoms. The van der Waals surface area contributed by atoms with Gasteiger partial charge in [0.25, 0.3) is 0 Å². The molecule has 2 aromatic rings. The molecule has 0 aromatic heterocycles. The van der Waals surface area contributed by atoms with Crippen molar-refractivity contribution in [3.63, 3.8) is 0 Å². The second kappa shape index (κ2) is 10.7. The quantitative estimate of drug-likeness (QED) is 0.639. The van der Waals surface area contributed by atoms with Crippen molar-refractivity contribution < 1.29 is 14.3 Å². The standard InChI is InChI=1S/C21H28N2O3/c1-3-25-12-13-26-15-17-8-7-11-19(14-17)23-21(24)16(2)20(22)18-9-5-4-6-10-18/h4-11,14,16,20H,3,12-13,15,22H2,1-2H3,(H,23,24). The maximum Gasteiger partial charge on any atom is 0.229 e. The number of carbonyl (C=O) groups is 1. The van der Waals surface area contributed by atoms with Crippen molar-refractivity contribution in [3.05, 3.63) is 65.7 Å². The molecule has 0 aliphatic heterocycles. The van der Waals surface area contributed by atoms with E-state index < -0.39 is 0 Å². The third-order valence-electron chi connectivity index (χ3n) is 4.18. The highest BCUT2D eigenvalue weighted by Crippen LogP contribution is 2.21. The van der Waals surface area contributed by atoms with Crippen LogP contribution in [0.25, 0.3) is 0 Å². The first-order valence-electron chi connectivity index (χ1n) is 8.97. The molecule has 2 aromatic carbocycles. The largest absolute Gasteiger partial charge is 0.379 e. The maximum absolute atomic E-state index is 12.5. The van der Waals surface area contributed by atoms with Gasteiger partial charge in [0, 0.05) is 18.3 Å². The number of carbonyl (C=O) groups excluding carboxylic acids is 1. The van der Waals surface area contributed by atoms with Crippen molar-refractivity contribution in [1.29, 1.82) is 0 Å². The van der Waals surface area contributed by atoms with Gasteiger partial charge in [-0.15, -0.1) is 0 Å². The summed E-state index contributed by atoms with van der Waals surface area (Å²) in [6, 6.07) is 17.0. The second-order valence-electron chi connectivity index (χ2n) is 6.16. The van der Waals surface area contributed by atoms with Crippen LogP contribution in [0.15, 0.2) is 54.6 Å². The molecule has 5 nitrogen and oxygen atoms in total. The summed E-state index contributed by atoms with van der Waals surface area (Å²) in [5.41, 5.74) is 8.93. The third-order valence-corrected chi connectivity index (χ3v) is 4.18. The molecular weight excluding hydrogens is 328 g/mol. The van der Waals surface area contributed by atoms with Crippen LogP contribution >= 0.6 is 0 Å². The average molecular weight is 356 g/mol. The Bertz CT molecular complexity index is 676.